The van der Waals surface area contributed by atoms with E-state index >= 15 is 0 Å². The van der Waals surface area contributed by atoms with E-state index in [0.29, 0.717) is 35.2 Å². The fourth-order valence-corrected chi connectivity index (χ4v) is 3.07. The van der Waals surface area contributed by atoms with Crippen molar-refractivity contribution in [2.75, 3.05) is 25.0 Å². The average molecular weight is 391 g/mol. The van der Waals surface area contributed by atoms with Crippen molar-refractivity contribution in [1.29, 1.82) is 0 Å². The summed E-state index contributed by atoms with van der Waals surface area (Å²) in [7, 11) is 3.09. The lowest BCUT2D eigenvalue weighted by Gasteiger charge is -2.11. The van der Waals surface area contributed by atoms with Gasteiger partial charge in [-0.1, -0.05) is 30.7 Å². The number of anilines is 1. The molecule has 0 saturated carbocycles. The molecule has 8 nitrogen and oxygen atoms in total. The van der Waals surface area contributed by atoms with Crippen molar-refractivity contribution in [3.8, 4) is 0 Å². The molecule has 0 atom stereocenters. The van der Waals surface area contributed by atoms with E-state index in [0.717, 1.165) is 23.2 Å². The number of nitrogens with one attached hydrogen (secondary N) is 2. The zero-order chi connectivity index (χ0) is 19.6. The largest absolute Gasteiger partial charge is 0.354 e. The minimum atomic E-state index is -0.400. The van der Waals surface area contributed by atoms with Crippen LogP contribution in [0.25, 0.3) is 11.2 Å². The van der Waals surface area contributed by atoms with Gasteiger partial charge in [-0.3, -0.25) is 18.5 Å². The Hall–Kier alpha value is -2.58. The van der Waals surface area contributed by atoms with Crippen LogP contribution in [0.4, 0.5) is 5.95 Å². The Morgan fingerprint density at radius 2 is 1.78 bits per heavy atom. The number of rotatable bonds is 7. The summed E-state index contributed by atoms with van der Waals surface area (Å²) in [4.78, 5) is 29.6. The van der Waals surface area contributed by atoms with Crippen molar-refractivity contribution >= 4 is 28.7 Å². The third-order valence-electron chi connectivity index (χ3n) is 4.44. The highest BCUT2D eigenvalue weighted by Crippen LogP contribution is 2.18. The number of halogens is 1. The highest BCUT2D eigenvalue weighted by atomic mass is 35.5. The maximum absolute atomic E-state index is 12.8. The van der Waals surface area contributed by atoms with Gasteiger partial charge in [-0.2, -0.15) is 4.98 Å². The second-order valence-corrected chi connectivity index (χ2v) is 6.74. The van der Waals surface area contributed by atoms with Gasteiger partial charge >= 0.3 is 5.69 Å². The summed E-state index contributed by atoms with van der Waals surface area (Å²) in [5.74, 6) is 0.552. The van der Waals surface area contributed by atoms with Crippen molar-refractivity contribution in [3.63, 3.8) is 0 Å². The van der Waals surface area contributed by atoms with Crippen LogP contribution in [0.3, 0.4) is 0 Å². The fourth-order valence-electron chi connectivity index (χ4n) is 2.95. The maximum atomic E-state index is 12.8. The van der Waals surface area contributed by atoms with Crippen LogP contribution in [-0.2, 0) is 20.6 Å². The van der Waals surface area contributed by atoms with Crippen LogP contribution in [-0.4, -0.2) is 38.3 Å². The minimum Gasteiger partial charge on any atom is -0.354 e. The first-order chi connectivity index (χ1) is 12.9. The standard InChI is InChI=1S/C18H23ClN6O2/c1-4-20-9-10-21-17-22-15-14(16(26)24(3)18(27)23(15)2)25(17)11-12-5-7-13(19)8-6-12/h5-8,20H,4,9-11H2,1-3H3,(H,21,22). The van der Waals surface area contributed by atoms with Crippen molar-refractivity contribution in [2.24, 2.45) is 14.1 Å². The Kier molecular flexibility index (Phi) is 5.67. The molecule has 2 aromatic heterocycles. The molecule has 0 fully saturated rings. The summed E-state index contributed by atoms with van der Waals surface area (Å²) >= 11 is 5.97. The SMILES string of the molecule is CCNCCNc1nc2c(c(=O)n(C)c(=O)n2C)n1Cc1ccc(Cl)cc1. The Balaban J connectivity index is 2.12. The number of imidazole rings is 1. The smallest absolute Gasteiger partial charge is 0.332 e. The molecular weight excluding hydrogens is 368 g/mol. The number of fused-ring (bicyclic) bond motifs is 1. The molecule has 1 aromatic carbocycles. The molecule has 0 aliphatic rings. The van der Waals surface area contributed by atoms with E-state index in [9.17, 15) is 9.59 Å². The lowest BCUT2D eigenvalue weighted by Crippen LogP contribution is -2.37. The molecule has 0 saturated heterocycles. The number of likely N-dealkylation sites (N-methyl/N-ethyl adjacent to an activating group) is 1. The van der Waals surface area contributed by atoms with E-state index in [1.54, 1.807) is 7.05 Å². The first-order valence-corrected chi connectivity index (χ1v) is 9.17. The van der Waals surface area contributed by atoms with E-state index < -0.39 is 5.69 Å². The second kappa shape index (κ2) is 7.98. The minimum absolute atomic E-state index is 0.364. The molecule has 3 aromatic rings. The van der Waals surface area contributed by atoms with Gasteiger partial charge in [0, 0.05) is 32.2 Å². The highest BCUT2D eigenvalue weighted by Gasteiger charge is 2.19. The first-order valence-electron chi connectivity index (χ1n) is 8.79. The van der Waals surface area contributed by atoms with Crippen LogP contribution >= 0.6 is 11.6 Å². The Labute approximate surface area is 161 Å². The Morgan fingerprint density at radius 1 is 1.07 bits per heavy atom. The molecule has 27 heavy (non-hydrogen) atoms. The van der Waals surface area contributed by atoms with Crippen LogP contribution in [0.15, 0.2) is 33.9 Å². The molecule has 0 aliphatic heterocycles. The summed E-state index contributed by atoms with van der Waals surface area (Å²) in [6.45, 7) is 4.75. The van der Waals surface area contributed by atoms with E-state index in [-0.39, 0.29) is 5.56 Å². The zero-order valence-corrected chi connectivity index (χ0v) is 16.4. The summed E-state index contributed by atoms with van der Waals surface area (Å²) in [6.07, 6.45) is 0. The summed E-state index contributed by atoms with van der Waals surface area (Å²) in [5.41, 5.74) is 0.963. The molecule has 144 valence electrons. The van der Waals surface area contributed by atoms with Gasteiger partial charge in [0.25, 0.3) is 5.56 Å². The topological polar surface area (TPSA) is 85.9 Å². The number of benzene rings is 1. The number of nitrogens with zero attached hydrogens (tertiary/aromatic N) is 4. The highest BCUT2D eigenvalue weighted by molar-refractivity contribution is 6.30. The fraction of sp³-hybridized carbons (Fsp3) is 0.389. The van der Waals surface area contributed by atoms with Gasteiger partial charge in [-0.15, -0.1) is 0 Å². The van der Waals surface area contributed by atoms with Gasteiger partial charge in [0.2, 0.25) is 5.95 Å². The van der Waals surface area contributed by atoms with Crippen molar-refractivity contribution < 1.29 is 0 Å². The van der Waals surface area contributed by atoms with Gasteiger partial charge < -0.3 is 10.6 Å². The molecule has 0 unspecified atom stereocenters. The van der Waals surface area contributed by atoms with E-state index in [4.69, 9.17) is 11.6 Å². The van der Waals surface area contributed by atoms with Gasteiger partial charge in [-0.25, -0.2) is 4.79 Å². The number of hydrogen-bond donors (Lipinski definition) is 2. The van der Waals surface area contributed by atoms with Crippen LogP contribution in [0.1, 0.15) is 12.5 Å². The predicted octanol–water partition coefficient (Wildman–Crippen LogP) is 1.16. The Morgan fingerprint density at radius 3 is 2.44 bits per heavy atom. The molecule has 3 rings (SSSR count). The Bertz CT molecular complexity index is 1060. The normalized spacial score (nSPS) is 11.3. The first kappa shape index (κ1) is 19.2. The molecule has 2 heterocycles. The van der Waals surface area contributed by atoms with Gasteiger partial charge in [0.1, 0.15) is 0 Å². The monoisotopic (exact) mass is 390 g/mol. The summed E-state index contributed by atoms with van der Waals surface area (Å²) in [5, 5.41) is 7.15. The second-order valence-electron chi connectivity index (χ2n) is 6.31. The van der Waals surface area contributed by atoms with E-state index in [1.165, 1.54) is 11.6 Å². The zero-order valence-electron chi connectivity index (χ0n) is 15.6. The summed E-state index contributed by atoms with van der Waals surface area (Å²) < 4.78 is 4.31. The molecule has 9 heteroatoms. The van der Waals surface area contributed by atoms with Crippen LogP contribution < -0.4 is 21.9 Å². The lowest BCUT2D eigenvalue weighted by molar-refractivity contribution is 0.702. The molecule has 2 N–H and O–H groups in total. The lowest BCUT2D eigenvalue weighted by atomic mass is 10.2. The molecule has 0 bridgehead atoms. The van der Waals surface area contributed by atoms with Crippen LogP contribution in [0.2, 0.25) is 5.02 Å². The van der Waals surface area contributed by atoms with Gasteiger partial charge in [0.05, 0.1) is 6.54 Å². The quantitative estimate of drug-likeness (QED) is 0.591. The predicted molar refractivity (Wildman–Crippen MR) is 108 cm³/mol. The number of hydrogen-bond acceptors (Lipinski definition) is 5. The summed E-state index contributed by atoms with van der Waals surface area (Å²) in [6, 6.07) is 7.43. The third kappa shape index (κ3) is 3.77. The molecular formula is C18H23ClN6O2. The molecule has 0 aliphatic carbocycles. The van der Waals surface area contributed by atoms with E-state index in [2.05, 4.69) is 15.6 Å². The number of aryl methyl sites for hydroxylation is 1. The third-order valence-corrected chi connectivity index (χ3v) is 4.69. The molecule has 0 spiro atoms. The van der Waals surface area contributed by atoms with Gasteiger partial charge in [0.15, 0.2) is 11.2 Å². The van der Waals surface area contributed by atoms with Crippen LogP contribution in [0.5, 0.6) is 0 Å². The average Bonchev–Trinajstić information content (AvgIpc) is 3.02. The molecule has 0 amide bonds. The van der Waals surface area contributed by atoms with Crippen molar-refractivity contribution in [1.82, 2.24) is 24.0 Å². The number of aromatic nitrogens is 4. The van der Waals surface area contributed by atoms with E-state index in [1.807, 2.05) is 35.8 Å². The van der Waals surface area contributed by atoms with Crippen molar-refractivity contribution in [3.05, 3.63) is 55.7 Å². The van der Waals surface area contributed by atoms with Crippen LogP contribution in [0, 0.1) is 0 Å². The maximum Gasteiger partial charge on any atom is 0.332 e. The molecule has 0 radical (unpaired) electrons. The van der Waals surface area contributed by atoms with Gasteiger partial charge in [-0.05, 0) is 24.2 Å². The van der Waals surface area contributed by atoms with Crippen molar-refractivity contribution in [2.45, 2.75) is 13.5 Å².